The van der Waals surface area contributed by atoms with E-state index in [0.717, 1.165) is 5.56 Å². The number of piperidine rings is 1. The molecule has 0 bridgehead atoms. The summed E-state index contributed by atoms with van der Waals surface area (Å²) in [7, 11) is 0. The molecule has 2 fully saturated rings. The first-order chi connectivity index (χ1) is 17.0. The zero-order valence-electron chi connectivity index (χ0n) is 23.1. The number of carbonyl (C=O) groups excluding carboxylic acids is 3. The van der Waals surface area contributed by atoms with Gasteiger partial charge in [0.2, 0.25) is 11.8 Å². The van der Waals surface area contributed by atoms with E-state index in [-0.39, 0.29) is 24.3 Å². The lowest BCUT2D eigenvalue weighted by molar-refractivity contribution is -0.157. The normalized spacial score (nSPS) is 24.6. The first-order valence-electron chi connectivity index (χ1n) is 13.1. The fourth-order valence-corrected chi connectivity index (χ4v) is 5.34. The molecule has 2 saturated heterocycles. The number of ether oxygens (including phenoxy) is 1. The van der Waals surface area contributed by atoms with E-state index in [9.17, 15) is 19.5 Å². The number of likely N-dealkylation sites (tertiary alicyclic amines) is 2. The van der Waals surface area contributed by atoms with E-state index in [2.05, 4.69) is 5.32 Å². The van der Waals surface area contributed by atoms with Crippen LogP contribution >= 0.6 is 11.6 Å². The SMILES string of the molecule is CC(C)[C@@H](NC(=O)C1CCN(C(=O)OC(C)(C)C)C1)C(=O)N1CC[C@](O)(c2ccc(Cl)cc2)C(C)(C)C1. The van der Waals surface area contributed by atoms with E-state index in [1.165, 1.54) is 0 Å². The first kappa shape index (κ1) is 29.2. The van der Waals surface area contributed by atoms with Crippen molar-refractivity contribution >= 4 is 29.5 Å². The van der Waals surface area contributed by atoms with Crippen molar-refractivity contribution < 1.29 is 24.2 Å². The number of amides is 3. The molecule has 0 radical (unpaired) electrons. The predicted molar refractivity (Wildman–Crippen MR) is 143 cm³/mol. The summed E-state index contributed by atoms with van der Waals surface area (Å²) in [6.07, 6.45) is 0.470. The molecular weight excluding hydrogens is 494 g/mol. The van der Waals surface area contributed by atoms with Crippen LogP contribution in [-0.4, -0.2) is 70.6 Å². The third-order valence-corrected chi connectivity index (χ3v) is 7.78. The standard InChI is InChI=1S/C28H42ClN3O5/c1-18(2)22(30-23(33)19-12-14-31(16-19)25(35)37-26(3,4)5)24(34)32-15-13-28(36,27(6,7)17-32)20-8-10-21(29)11-9-20/h8-11,18-19,22,36H,12-17H2,1-7H3,(H,30,33)/t19?,22-,28+/m1/s1. The third-order valence-electron chi connectivity index (χ3n) is 7.52. The van der Waals surface area contributed by atoms with E-state index >= 15 is 0 Å². The van der Waals surface area contributed by atoms with Gasteiger partial charge < -0.3 is 25.0 Å². The van der Waals surface area contributed by atoms with Crippen molar-refractivity contribution in [2.75, 3.05) is 26.2 Å². The van der Waals surface area contributed by atoms with Gasteiger partial charge in [-0.25, -0.2) is 4.79 Å². The van der Waals surface area contributed by atoms with E-state index in [4.69, 9.17) is 16.3 Å². The number of carbonyl (C=O) groups is 3. The van der Waals surface area contributed by atoms with Crippen LogP contribution in [0.2, 0.25) is 5.02 Å². The van der Waals surface area contributed by atoms with Gasteiger partial charge in [-0.3, -0.25) is 9.59 Å². The van der Waals surface area contributed by atoms with Gasteiger partial charge in [-0.2, -0.15) is 0 Å². The Hall–Kier alpha value is -2.32. The fourth-order valence-electron chi connectivity index (χ4n) is 5.22. The number of nitrogens with zero attached hydrogens (tertiary/aromatic N) is 2. The molecule has 2 aliphatic heterocycles. The van der Waals surface area contributed by atoms with Crippen molar-refractivity contribution in [1.29, 1.82) is 0 Å². The Kier molecular flexibility index (Phi) is 8.54. The molecule has 0 aromatic heterocycles. The Bertz CT molecular complexity index is 1000. The maximum Gasteiger partial charge on any atom is 0.410 e. The predicted octanol–water partition coefficient (Wildman–Crippen LogP) is 4.18. The molecular formula is C28H42ClN3O5. The summed E-state index contributed by atoms with van der Waals surface area (Å²) in [4.78, 5) is 42.4. The quantitative estimate of drug-likeness (QED) is 0.589. The van der Waals surface area contributed by atoms with Crippen LogP contribution in [0.5, 0.6) is 0 Å². The summed E-state index contributed by atoms with van der Waals surface area (Å²) < 4.78 is 5.43. The molecule has 2 N–H and O–H groups in total. The average Bonchev–Trinajstić information content (AvgIpc) is 3.28. The van der Waals surface area contributed by atoms with Crippen molar-refractivity contribution in [2.45, 2.75) is 78.6 Å². The molecule has 0 saturated carbocycles. The smallest absolute Gasteiger partial charge is 0.410 e. The maximum atomic E-state index is 13.6. The van der Waals surface area contributed by atoms with Crippen molar-refractivity contribution in [3.63, 3.8) is 0 Å². The maximum absolute atomic E-state index is 13.6. The van der Waals surface area contributed by atoms with Crippen LogP contribution in [0.25, 0.3) is 0 Å². The number of hydrogen-bond acceptors (Lipinski definition) is 5. The van der Waals surface area contributed by atoms with Gasteiger partial charge in [0.1, 0.15) is 11.6 Å². The molecule has 0 aliphatic carbocycles. The molecule has 9 heteroatoms. The molecule has 1 unspecified atom stereocenters. The second-order valence-electron chi connectivity index (χ2n) is 12.4. The minimum atomic E-state index is -1.11. The lowest BCUT2D eigenvalue weighted by Gasteiger charge is -2.51. The molecule has 3 rings (SSSR count). The summed E-state index contributed by atoms with van der Waals surface area (Å²) in [6.45, 7) is 14.6. The van der Waals surface area contributed by atoms with Gasteiger partial charge in [-0.15, -0.1) is 0 Å². The topological polar surface area (TPSA) is 99.2 Å². The van der Waals surface area contributed by atoms with Crippen LogP contribution in [0.15, 0.2) is 24.3 Å². The number of hydrogen-bond donors (Lipinski definition) is 2. The van der Waals surface area contributed by atoms with Gasteiger partial charge in [0.25, 0.3) is 0 Å². The summed E-state index contributed by atoms with van der Waals surface area (Å²) in [5.74, 6) is -0.905. The highest BCUT2D eigenvalue weighted by Crippen LogP contribution is 2.46. The molecule has 1 aromatic carbocycles. The molecule has 206 valence electrons. The summed E-state index contributed by atoms with van der Waals surface area (Å²) in [6, 6.07) is 6.50. The molecule has 1 aromatic rings. The minimum absolute atomic E-state index is 0.125. The van der Waals surface area contributed by atoms with Crippen LogP contribution in [0.1, 0.15) is 66.9 Å². The van der Waals surface area contributed by atoms with E-state index < -0.39 is 34.7 Å². The minimum Gasteiger partial charge on any atom is -0.444 e. The Balaban J connectivity index is 1.65. The largest absolute Gasteiger partial charge is 0.444 e. The average molecular weight is 536 g/mol. The summed E-state index contributed by atoms with van der Waals surface area (Å²) >= 11 is 6.04. The van der Waals surface area contributed by atoms with Crippen LogP contribution in [-0.2, 0) is 19.9 Å². The monoisotopic (exact) mass is 535 g/mol. The van der Waals surface area contributed by atoms with Crippen molar-refractivity contribution in [3.8, 4) is 0 Å². The Morgan fingerprint density at radius 1 is 1.11 bits per heavy atom. The van der Waals surface area contributed by atoms with Crippen LogP contribution in [0.4, 0.5) is 4.79 Å². The van der Waals surface area contributed by atoms with Crippen LogP contribution < -0.4 is 5.32 Å². The van der Waals surface area contributed by atoms with Crippen molar-refractivity contribution in [3.05, 3.63) is 34.9 Å². The van der Waals surface area contributed by atoms with Crippen LogP contribution in [0, 0.1) is 17.3 Å². The highest BCUT2D eigenvalue weighted by Gasteiger charge is 2.50. The number of benzene rings is 1. The number of nitrogens with one attached hydrogen (secondary N) is 1. The van der Waals surface area contributed by atoms with Gasteiger partial charge in [-0.05, 0) is 57.2 Å². The molecule has 0 spiro atoms. The second kappa shape index (κ2) is 10.8. The molecule has 2 aliphatic rings. The number of aliphatic hydroxyl groups is 1. The number of rotatable bonds is 5. The molecule has 8 nitrogen and oxygen atoms in total. The second-order valence-corrected chi connectivity index (χ2v) is 12.8. The highest BCUT2D eigenvalue weighted by atomic mass is 35.5. The highest BCUT2D eigenvalue weighted by molar-refractivity contribution is 6.30. The van der Waals surface area contributed by atoms with Crippen molar-refractivity contribution in [1.82, 2.24) is 15.1 Å². The van der Waals surface area contributed by atoms with E-state index in [0.29, 0.717) is 37.5 Å². The van der Waals surface area contributed by atoms with E-state index in [1.807, 2.05) is 60.6 Å². The molecule has 3 amide bonds. The van der Waals surface area contributed by atoms with Crippen molar-refractivity contribution in [2.24, 2.45) is 17.3 Å². The van der Waals surface area contributed by atoms with Crippen LogP contribution in [0.3, 0.4) is 0 Å². The van der Waals surface area contributed by atoms with Gasteiger partial charge in [-0.1, -0.05) is 51.4 Å². The lowest BCUT2D eigenvalue weighted by atomic mass is 9.66. The Morgan fingerprint density at radius 3 is 2.27 bits per heavy atom. The zero-order chi connectivity index (χ0) is 27.8. The molecule has 3 atom stereocenters. The van der Waals surface area contributed by atoms with Gasteiger partial charge >= 0.3 is 6.09 Å². The summed E-state index contributed by atoms with van der Waals surface area (Å²) in [5.41, 5.74) is -1.56. The Morgan fingerprint density at radius 2 is 1.73 bits per heavy atom. The zero-order valence-corrected chi connectivity index (χ0v) is 23.9. The first-order valence-corrected chi connectivity index (χ1v) is 13.5. The number of halogens is 1. The summed E-state index contributed by atoms with van der Waals surface area (Å²) in [5, 5.41) is 15.2. The molecule has 2 heterocycles. The third kappa shape index (κ3) is 6.58. The Labute approximate surface area is 225 Å². The van der Waals surface area contributed by atoms with Gasteiger partial charge in [0.15, 0.2) is 0 Å². The van der Waals surface area contributed by atoms with Gasteiger partial charge in [0.05, 0.1) is 11.5 Å². The van der Waals surface area contributed by atoms with E-state index in [1.54, 1.807) is 21.9 Å². The van der Waals surface area contributed by atoms with Gasteiger partial charge in [0, 0.05) is 36.6 Å². The fraction of sp³-hybridized carbons (Fsp3) is 0.679. The molecule has 37 heavy (non-hydrogen) atoms. The lowest BCUT2D eigenvalue weighted by Crippen LogP contribution is -2.60.